The number of benzene rings is 2. The van der Waals surface area contributed by atoms with E-state index in [0.717, 1.165) is 5.56 Å². The van der Waals surface area contributed by atoms with Gasteiger partial charge in [0.1, 0.15) is 22.7 Å². The second kappa shape index (κ2) is 8.26. The molecular formula is C17H16Cl2N4O4S. The van der Waals surface area contributed by atoms with Gasteiger partial charge in [0.15, 0.2) is 0 Å². The summed E-state index contributed by atoms with van der Waals surface area (Å²) in [4.78, 5) is 3.90. The SMILES string of the molecule is COc1ccc(OC)c(S(=O)(=O)Nc2ncn(Cc3ccc(Cl)c(Cl)c3)n2)c1. The molecule has 0 fully saturated rings. The van der Waals surface area contributed by atoms with Crippen LogP contribution in [0.2, 0.25) is 10.0 Å². The van der Waals surface area contributed by atoms with Crippen molar-refractivity contribution in [2.45, 2.75) is 11.4 Å². The van der Waals surface area contributed by atoms with E-state index in [1.165, 1.54) is 37.4 Å². The fraction of sp³-hybridized carbons (Fsp3) is 0.176. The second-order valence-electron chi connectivity index (χ2n) is 5.64. The molecule has 28 heavy (non-hydrogen) atoms. The summed E-state index contributed by atoms with van der Waals surface area (Å²) in [5.41, 5.74) is 0.836. The molecule has 0 atom stereocenters. The number of halogens is 2. The third kappa shape index (κ3) is 4.49. The van der Waals surface area contributed by atoms with Crippen LogP contribution in [0.5, 0.6) is 11.5 Å². The topological polar surface area (TPSA) is 95.3 Å². The van der Waals surface area contributed by atoms with Gasteiger partial charge in [0.05, 0.1) is 30.8 Å². The number of sulfonamides is 1. The molecule has 2 aromatic carbocycles. The lowest BCUT2D eigenvalue weighted by Crippen LogP contribution is -2.15. The number of ether oxygens (including phenoxy) is 2. The molecule has 0 saturated heterocycles. The van der Waals surface area contributed by atoms with E-state index < -0.39 is 10.0 Å². The summed E-state index contributed by atoms with van der Waals surface area (Å²) in [5, 5.41) is 5.00. The highest BCUT2D eigenvalue weighted by Gasteiger charge is 2.22. The highest BCUT2D eigenvalue weighted by molar-refractivity contribution is 7.92. The summed E-state index contributed by atoms with van der Waals surface area (Å²) in [6, 6.07) is 9.63. The van der Waals surface area contributed by atoms with E-state index in [1.54, 1.807) is 24.3 Å². The van der Waals surface area contributed by atoms with E-state index >= 15 is 0 Å². The maximum Gasteiger partial charge on any atom is 0.268 e. The van der Waals surface area contributed by atoms with Crippen LogP contribution < -0.4 is 14.2 Å². The summed E-state index contributed by atoms with van der Waals surface area (Å²) in [5.74, 6) is 0.466. The third-order valence-electron chi connectivity index (χ3n) is 3.75. The normalized spacial score (nSPS) is 11.3. The monoisotopic (exact) mass is 442 g/mol. The Morgan fingerprint density at radius 2 is 1.86 bits per heavy atom. The molecule has 11 heteroatoms. The second-order valence-corrected chi connectivity index (χ2v) is 8.10. The van der Waals surface area contributed by atoms with E-state index in [1.807, 2.05) is 0 Å². The van der Waals surface area contributed by atoms with E-state index in [0.29, 0.717) is 22.3 Å². The van der Waals surface area contributed by atoms with Crippen LogP contribution in [0.4, 0.5) is 5.95 Å². The fourth-order valence-corrected chi connectivity index (χ4v) is 3.86. The van der Waals surface area contributed by atoms with Crippen LogP contribution in [0, 0.1) is 0 Å². The Labute approximate surface area is 172 Å². The zero-order valence-corrected chi connectivity index (χ0v) is 17.2. The molecule has 148 valence electrons. The number of anilines is 1. The summed E-state index contributed by atoms with van der Waals surface area (Å²) < 4.78 is 39.5. The number of methoxy groups -OCH3 is 2. The number of nitrogens with one attached hydrogen (secondary N) is 1. The minimum Gasteiger partial charge on any atom is -0.497 e. The molecule has 0 aliphatic rings. The first-order valence-corrected chi connectivity index (χ1v) is 10.1. The van der Waals surface area contributed by atoms with E-state index in [2.05, 4.69) is 14.8 Å². The molecule has 0 bridgehead atoms. The molecule has 1 aromatic heterocycles. The summed E-state index contributed by atoms with van der Waals surface area (Å²) in [6.45, 7) is 0.341. The van der Waals surface area contributed by atoms with Crippen molar-refractivity contribution >= 4 is 39.2 Å². The van der Waals surface area contributed by atoms with Crippen LogP contribution >= 0.6 is 23.2 Å². The molecular weight excluding hydrogens is 427 g/mol. The minimum atomic E-state index is -3.99. The van der Waals surface area contributed by atoms with Crippen molar-refractivity contribution in [3.05, 3.63) is 58.3 Å². The van der Waals surface area contributed by atoms with Gasteiger partial charge in [-0.25, -0.2) is 17.8 Å². The van der Waals surface area contributed by atoms with Gasteiger partial charge in [0, 0.05) is 6.07 Å². The third-order valence-corrected chi connectivity index (χ3v) is 5.84. The van der Waals surface area contributed by atoms with Crippen molar-refractivity contribution in [1.82, 2.24) is 14.8 Å². The average molecular weight is 443 g/mol. The van der Waals surface area contributed by atoms with Crippen molar-refractivity contribution < 1.29 is 17.9 Å². The number of rotatable bonds is 7. The van der Waals surface area contributed by atoms with Gasteiger partial charge in [0.2, 0.25) is 0 Å². The Balaban J connectivity index is 1.81. The van der Waals surface area contributed by atoms with Crippen LogP contribution in [0.25, 0.3) is 0 Å². The highest BCUT2D eigenvalue weighted by atomic mass is 35.5. The lowest BCUT2D eigenvalue weighted by atomic mass is 10.2. The van der Waals surface area contributed by atoms with Crippen molar-refractivity contribution in [1.29, 1.82) is 0 Å². The van der Waals surface area contributed by atoms with Gasteiger partial charge in [-0.15, -0.1) is 5.10 Å². The van der Waals surface area contributed by atoms with Crippen molar-refractivity contribution in [3.63, 3.8) is 0 Å². The largest absolute Gasteiger partial charge is 0.497 e. The van der Waals surface area contributed by atoms with Crippen LogP contribution in [0.1, 0.15) is 5.56 Å². The molecule has 0 unspecified atom stereocenters. The van der Waals surface area contributed by atoms with Gasteiger partial charge >= 0.3 is 0 Å². The number of hydrogen-bond donors (Lipinski definition) is 1. The van der Waals surface area contributed by atoms with E-state index in [9.17, 15) is 8.42 Å². The molecule has 1 heterocycles. The first kappa shape index (κ1) is 20.2. The van der Waals surface area contributed by atoms with Crippen LogP contribution in [0.3, 0.4) is 0 Å². The minimum absolute atomic E-state index is 0.0788. The fourth-order valence-electron chi connectivity index (χ4n) is 2.41. The van der Waals surface area contributed by atoms with E-state index in [-0.39, 0.29) is 16.6 Å². The van der Waals surface area contributed by atoms with Crippen molar-refractivity contribution in [3.8, 4) is 11.5 Å². The molecule has 0 aliphatic heterocycles. The maximum atomic E-state index is 12.7. The van der Waals surface area contributed by atoms with Crippen molar-refractivity contribution in [2.24, 2.45) is 0 Å². The number of aromatic nitrogens is 3. The Bertz CT molecular complexity index is 1100. The standard InChI is InChI=1S/C17H16Cl2N4O4S/c1-26-12-4-6-15(27-2)16(8-12)28(24,25)22-17-20-10-23(21-17)9-11-3-5-13(18)14(19)7-11/h3-8,10H,9H2,1-2H3,(H,21,22). The Morgan fingerprint density at radius 1 is 1.07 bits per heavy atom. The zero-order chi connectivity index (χ0) is 20.3. The van der Waals surface area contributed by atoms with Crippen LogP contribution in [-0.4, -0.2) is 37.4 Å². The smallest absolute Gasteiger partial charge is 0.268 e. The van der Waals surface area contributed by atoms with Crippen LogP contribution in [0.15, 0.2) is 47.6 Å². The molecule has 0 aliphatic carbocycles. The first-order chi connectivity index (χ1) is 13.3. The number of nitrogens with zero attached hydrogens (tertiary/aromatic N) is 3. The maximum absolute atomic E-state index is 12.7. The summed E-state index contributed by atoms with van der Waals surface area (Å²) in [7, 11) is -1.17. The van der Waals surface area contributed by atoms with Gasteiger partial charge in [-0.05, 0) is 29.8 Å². The summed E-state index contributed by atoms with van der Waals surface area (Å²) >= 11 is 11.9. The Hall–Kier alpha value is -2.49. The molecule has 8 nitrogen and oxygen atoms in total. The highest BCUT2D eigenvalue weighted by Crippen LogP contribution is 2.29. The zero-order valence-electron chi connectivity index (χ0n) is 14.9. The lowest BCUT2D eigenvalue weighted by molar-refractivity contribution is 0.392. The molecule has 0 amide bonds. The quantitative estimate of drug-likeness (QED) is 0.601. The molecule has 0 spiro atoms. The van der Waals surface area contributed by atoms with Gasteiger partial charge in [-0.3, -0.25) is 0 Å². The predicted octanol–water partition coefficient (Wildman–Crippen LogP) is 3.45. The average Bonchev–Trinajstić information content (AvgIpc) is 3.10. The molecule has 0 radical (unpaired) electrons. The Morgan fingerprint density at radius 3 is 2.54 bits per heavy atom. The Kier molecular flexibility index (Phi) is 5.97. The van der Waals surface area contributed by atoms with Crippen LogP contribution in [-0.2, 0) is 16.6 Å². The van der Waals surface area contributed by atoms with Gasteiger partial charge < -0.3 is 9.47 Å². The van der Waals surface area contributed by atoms with Gasteiger partial charge in [0.25, 0.3) is 16.0 Å². The first-order valence-electron chi connectivity index (χ1n) is 7.90. The van der Waals surface area contributed by atoms with Gasteiger partial charge in [-0.2, -0.15) is 4.98 Å². The van der Waals surface area contributed by atoms with Gasteiger partial charge in [-0.1, -0.05) is 29.3 Å². The predicted molar refractivity (Wildman–Crippen MR) is 106 cm³/mol. The van der Waals surface area contributed by atoms with E-state index in [4.69, 9.17) is 32.7 Å². The molecule has 3 aromatic rings. The van der Waals surface area contributed by atoms with Crippen molar-refractivity contribution in [2.75, 3.05) is 18.9 Å². The molecule has 1 N–H and O–H groups in total. The lowest BCUT2D eigenvalue weighted by Gasteiger charge is -2.11. The molecule has 3 rings (SSSR count). The summed E-state index contributed by atoms with van der Waals surface area (Å²) in [6.07, 6.45) is 1.41. The molecule has 0 saturated carbocycles. The number of hydrogen-bond acceptors (Lipinski definition) is 6.